The molecule has 0 saturated heterocycles. The summed E-state index contributed by atoms with van der Waals surface area (Å²) in [5, 5.41) is 77.5. The summed E-state index contributed by atoms with van der Waals surface area (Å²) in [6.45, 7) is 1.12. The van der Waals surface area contributed by atoms with E-state index in [1.165, 1.54) is 6.07 Å². The van der Waals surface area contributed by atoms with Gasteiger partial charge in [0.1, 0.15) is 34.7 Å². The molecule has 8 N–H and O–H groups in total. The van der Waals surface area contributed by atoms with E-state index in [1.54, 1.807) is 0 Å². The number of hydrogen-bond donors (Lipinski definition) is 8. The van der Waals surface area contributed by atoms with Crippen LogP contribution in [0.15, 0.2) is 39.5 Å². The lowest BCUT2D eigenvalue weighted by molar-refractivity contribution is -0.159. The van der Waals surface area contributed by atoms with Gasteiger partial charge in [-0.15, -0.1) is 0 Å². The molecule has 3 rings (SSSR count). The van der Waals surface area contributed by atoms with Crippen LogP contribution in [0.2, 0.25) is 0 Å². The second-order valence-corrected chi connectivity index (χ2v) is 7.22. The average molecular weight is 464 g/mol. The molecular weight excluding hydrogens is 444 g/mol. The van der Waals surface area contributed by atoms with Gasteiger partial charge in [0, 0.05) is 17.7 Å². The number of esters is 1. The molecule has 0 aliphatic heterocycles. The van der Waals surface area contributed by atoms with Crippen molar-refractivity contribution in [2.45, 2.75) is 31.3 Å². The molecule has 4 atom stereocenters. The highest BCUT2D eigenvalue weighted by Crippen LogP contribution is 2.38. The third kappa shape index (κ3) is 4.54. The molecule has 0 fully saturated rings. The van der Waals surface area contributed by atoms with Gasteiger partial charge >= 0.3 is 5.97 Å². The summed E-state index contributed by atoms with van der Waals surface area (Å²) < 4.78 is 10.3. The fraction of sp³-hybridized carbons (Fsp3) is 0.238. The number of aromatic hydroxyl groups is 4. The Morgan fingerprint density at radius 3 is 2.18 bits per heavy atom. The van der Waals surface area contributed by atoms with Crippen molar-refractivity contribution in [3.63, 3.8) is 0 Å². The first-order valence-corrected chi connectivity index (χ1v) is 9.41. The maximum Gasteiger partial charge on any atom is 0.343 e. The normalized spacial score (nSPS) is 15.1. The van der Waals surface area contributed by atoms with Crippen LogP contribution in [0.4, 0.5) is 0 Å². The van der Waals surface area contributed by atoms with E-state index in [0.29, 0.717) is 0 Å². The summed E-state index contributed by atoms with van der Waals surface area (Å²) in [6.07, 6.45) is -7.68. The standard InChI is InChI=1S/C21H20O12/c1-7(22)15(26)17(28)19(30)21(31)32-9-5-12(25)14-13(6-9)33-20(18(29)16(14)27)8-2-3-10(23)11(24)4-8/h2-7,15,17,19,22-26,28-30H,1H3/t7-,15-,17+,19-/m1/s1. The molecule has 33 heavy (non-hydrogen) atoms. The Kier molecular flexibility index (Phi) is 6.46. The number of carbonyl (C=O) groups excluding carboxylic acids is 1. The minimum atomic E-state index is -2.27. The van der Waals surface area contributed by atoms with Crippen molar-refractivity contribution in [3.05, 3.63) is 40.6 Å². The summed E-state index contributed by atoms with van der Waals surface area (Å²) in [7, 11) is 0. The molecule has 3 aromatic rings. The van der Waals surface area contributed by atoms with Crippen molar-refractivity contribution in [2.24, 2.45) is 0 Å². The van der Waals surface area contributed by atoms with Crippen LogP contribution in [0.3, 0.4) is 0 Å². The fourth-order valence-corrected chi connectivity index (χ4v) is 2.97. The van der Waals surface area contributed by atoms with E-state index in [4.69, 9.17) is 9.15 Å². The predicted molar refractivity (Wildman–Crippen MR) is 110 cm³/mol. The van der Waals surface area contributed by atoms with Gasteiger partial charge in [-0.1, -0.05) is 0 Å². The average Bonchev–Trinajstić information content (AvgIpc) is 2.76. The number of benzene rings is 2. The smallest absolute Gasteiger partial charge is 0.343 e. The molecule has 0 radical (unpaired) electrons. The molecule has 1 heterocycles. The summed E-state index contributed by atoms with van der Waals surface area (Å²) in [5.74, 6) is -5.00. The highest BCUT2D eigenvalue weighted by Gasteiger charge is 2.34. The minimum absolute atomic E-state index is 0.00524. The van der Waals surface area contributed by atoms with Gasteiger partial charge in [0.25, 0.3) is 0 Å². The first kappa shape index (κ1) is 23.8. The monoisotopic (exact) mass is 464 g/mol. The topological polar surface area (TPSA) is 218 Å². The van der Waals surface area contributed by atoms with Crippen LogP contribution in [-0.2, 0) is 4.79 Å². The van der Waals surface area contributed by atoms with E-state index in [-0.39, 0.29) is 11.1 Å². The van der Waals surface area contributed by atoms with Crippen LogP contribution in [0.1, 0.15) is 6.92 Å². The molecule has 0 unspecified atom stereocenters. The van der Waals surface area contributed by atoms with Gasteiger partial charge in [0.05, 0.1) is 6.10 Å². The Balaban J connectivity index is 2.02. The van der Waals surface area contributed by atoms with Gasteiger partial charge in [0.2, 0.25) is 11.2 Å². The fourth-order valence-electron chi connectivity index (χ4n) is 2.97. The number of phenolic OH excluding ortho intramolecular Hbond substituents is 3. The molecule has 12 nitrogen and oxygen atoms in total. The Morgan fingerprint density at radius 2 is 1.58 bits per heavy atom. The molecule has 0 aliphatic carbocycles. The van der Waals surface area contributed by atoms with Gasteiger partial charge in [-0.3, -0.25) is 4.79 Å². The Hall–Kier alpha value is -3.84. The number of phenols is 3. The number of aliphatic hydroxyl groups is 4. The van der Waals surface area contributed by atoms with E-state index in [2.05, 4.69) is 0 Å². The number of fused-ring (bicyclic) bond motifs is 1. The lowest BCUT2D eigenvalue weighted by atomic mass is 10.0. The first-order valence-electron chi connectivity index (χ1n) is 9.41. The van der Waals surface area contributed by atoms with Crippen LogP contribution in [-0.4, -0.2) is 71.2 Å². The molecule has 176 valence electrons. The molecule has 12 heteroatoms. The molecule has 0 aliphatic rings. The van der Waals surface area contributed by atoms with E-state index in [9.17, 15) is 50.4 Å². The minimum Gasteiger partial charge on any atom is -0.507 e. The maximum atomic E-state index is 12.6. The molecule has 0 bridgehead atoms. The van der Waals surface area contributed by atoms with Crippen molar-refractivity contribution in [1.82, 2.24) is 0 Å². The van der Waals surface area contributed by atoms with Crippen LogP contribution in [0.5, 0.6) is 28.7 Å². The molecule has 2 aromatic carbocycles. The van der Waals surface area contributed by atoms with Crippen molar-refractivity contribution in [2.75, 3.05) is 0 Å². The van der Waals surface area contributed by atoms with E-state index in [1.807, 2.05) is 0 Å². The van der Waals surface area contributed by atoms with Gasteiger partial charge < -0.3 is 50.0 Å². The van der Waals surface area contributed by atoms with E-state index >= 15 is 0 Å². The van der Waals surface area contributed by atoms with Gasteiger partial charge in [-0.25, -0.2) is 4.79 Å². The third-order valence-corrected chi connectivity index (χ3v) is 4.79. The third-order valence-electron chi connectivity index (χ3n) is 4.79. The molecule has 0 spiro atoms. The van der Waals surface area contributed by atoms with Crippen molar-refractivity contribution >= 4 is 16.9 Å². The van der Waals surface area contributed by atoms with Crippen LogP contribution < -0.4 is 10.2 Å². The Bertz CT molecular complexity index is 1260. The van der Waals surface area contributed by atoms with E-state index in [0.717, 1.165) is 31.2 Å². The molecule has 0 amide bonds. The first-order chi connectivity index (χ1) is 15.4. The Labute approximate surface area is 184 Å². The van der Waals surface area contributed by atoms with Crippen LogP contribution in [0.25, 0.3) is 22.3 Å². The number of ether oxygens (including phenoxy) is 1. The summed E-state index contributed by atoms with van der Waals surface area (Å²) >= 11 is 0. The van der Waals surface area contributed by atoms with Crippen molar-refractivity contribution in [1.29, 1.82) is 0 Å². The largest absolute Gasteiger partial charge is 0.507 e. The van der Waals surface area contributed by atoms with Crippen LogP contribution in [0, 0.1) is 0 Å². The SMILES string of the molecule is C[C@@H](O)[C@@H](O)[C@H](O)[C@@H](O)C(=O)Oc1cc(O)c2c(=O)c(O)c(-c3ccc(O)c(O)c3)oc2c1. The molecule has 0 saturated carbocycles. The van der Waals surface area contributed by atoms with Gasteiger partial charge in [0.15, 0.2) is 23.4 Å². The van der Waals surface area contributed by atoms with Crippen LogP contribution >= 0.6 is 0 Å². The molecule has 1 aromatic heterocycles. The number of carbonyl (C=O) groups is 1. The Morgan fingerprint density at radius 1 is 0.909 bits per heavy atom. The number of aliphatic hydroxyl groups excluding tert-OH is 4. The summed E-state index contributed by atoms with van der Waals surface area (Å²) in [4.78, 5) is 24.7. The maximum absolute atomic E-state index is 12.6. The second kappa shape index (κ2) is 8.96. The summed E-state index contributed by atoms with van der Waals surface area (Å²) in [6, 6.07) is 5.11. The lowest BCUT2D eigenvalue weighted by Crippen LogP contribution is -2.48. The number of rotatable bonds is 6. The highest BCUT2D eigenvalue weighted by atomic mass is 16.6. The summed E-state index contributed by atoms with van der Waals surface area (Å²) in [5.41, 5.74) is -1.42. The lowest BCUT2D eigenvalue weighted by Gasteiger charge is -2.23. The zero-order chi connectivity index (χ0) is 24.6. The van der Waals surface area contributed by atoms with Gasteiger partial charge in [-0.2, -0.15) is 0 Å². The van der Waals surface area contributed by atoms with Crippen molar-refractivity contribution in [3.8, 4) is 40.1 Å². The number of hydrogen-bond acceptors (Lipinski definition) is 12. The molecular formula is C21H20O12. The van der Waals surface area contributed by atoms with E-state index < -0.39 is 75.7 Å². The van der Waals surface area contributed by atoms with Gasteiger partial charge in [-0.05, 0) is 25.1 Å². The zero-order valence-electron chi connectivity index (χ0n) is 16.9. The second-order valence-electron chi connectivity index (χ2n) is 7.22. The predicted octanol–water partition coefficient (Wildman–Crippen LogP) is -0.349. The highest BCUT2D eigenvalue weighted by molar-refractivity contribution is 5.89. The van der Waals surface area contributed by atoms with Crippen molar-refractivity contribution < 1.29 is 54.8 Å². The quantitative estimate of drug-likeness (QED) is 0.133. The zero-order valence-corrected chi connectivity index (χ0v) is 16.9.